The number of ether oxygens (including phenoxy) is 1. The Balaban J connectivity index is 3.84. The monoisotopic (exact) mass is 173 g/mol. The first kappa shape index (κ1) is 10.6. The van der Waals surface area contributed by atoms with Gasteiger partial charge < -0.3 is 10.1 Å². The minimum atomic E-state index is -0.618. The second kappa shape index (κ2) is 5.29. The second-order valence-electron chi connectivity index (χ2n) is 2.27. The molecule has 1 atom stereocenters. The van der Waals surface area contributed by atoms with Crippen molar-refractivity contribution < 1.29 is 19.3 Å². The summed E-state index contributed by atoms with van der Waals surface area (Å²) in [4.78, 5) is 23.9. The molecule has 2 N–H and O–H groups in total. The van der Waals surface area contributed by atoms with Gasteiger partial charge in [-0.05, 0) is 6.92 Å². The van der Waals surface area contributed by atoms with Gasteiger partial charge in [0.1, 0.15) is 13.1 Å². The van der Waals surface area contributed by atoms with Crippen LogP contribution >= 0.6 is 0 Å². The molecule has 0 spiro atoms. The molecule has 0 aliphatic carbocycles. The van der Waals surface area contributed by atoms with E-state index in [1.165, 1.54) is 6.92 Å². The van der Waals surface area contributed by atoms with Gasteiger partial charge in [0, 0.05) is 6.92 Å². The van der Waals surface area contributed by atoms with Crippen LogP contribution in [0.25, 0.3) is 0 Å². The first-order valence-corrected chi connectivity index (χ1v) is 3.54. The summed E-state index contributed by atoms with van der Waals surface area (Å²) in [5, 5.41) is 2.39. The largest absolute Gasteiger partial charge is 0.375 e. The first-order valence-electron chi connectivity index (χ1n) is 3.54. The van der Waals surface area contributed by atoms with E-state index in [1.807, 2.05) is 0 Å². The van der Waals surface area contributed by atoms with E-state index in [2.05, 4.69) is 15.0 Å². The van der Waals surface area contributed by atoms with Gasteiger partial charge in [0.25, 0.3) is 0 Å². The summed E-state index contributed by atoms with van der Waals surface area (Å²) in [6, 6.07) is -0.618. The summed E-state index contributed by atoms with van der Waals surface area (Å²) in [7, 11) is 1.61. The van der Waals surface area contributed by atoms with Crippen molar-refractivity contribution in [2.45, 2.75) is 19.9 Å². The zero-order valence-corrected chi connectivity index (χ0v) is 7.38. The Morgan fingerprint density at radius 2 is 2.17 bits per heavy atom. The third-order valence-electron chi connectivity index (χ3n) is 1.07. The van der Waals surface area contributed by atoms with Crippen LogP contribution in [-0.2, 0) is 14.3 Å². The minimum Gasteiger partial charge on any atom is -0.375 e. The van der Waals surface area contributed by atoms with Gasteiger partial charge in [-0.25, -0.2) is 9.79 Å². The molecule has 0 rings (SSSR count). The van der Waals surface area contributed by atoms with E-state index in [4.69, 9.17) is 0 Å². The van der Waals surface area contributed by atoms with Crippen molar-refractivity contribution in [2.24, 2.45) is 0 Å². The fourth-order valence-electron chi connectivity index (χ4n) is 0.583. The van der Waals surface area contributed by atoms with Crippen LogP contribution in [0.15, 0.2) is 0 Å². The van der Waals surface area contributed by atoms with Crippen molar-refractivity contribution in [1.29, 1.82) is 0 Å². The lowest BCUT2D eigenvalue weighted by Gasteiger charge is -2.07. The Kier molecular flexibility index (Phi) is 4.67. The summed E-state index contributed by atoms with van der Waals surface area (Å²) in [6.07, 6.45) is 1.15. The van der Waals surface area contributed by atoms with Gasteiger partial charge in [-0.2, -0.15) is 0 Å². The third-order valence-corrected chi connectivity index (χ3v) is 1.07. The smallest absolute Gasteiger partial charge is 0.337 e. The summed E-state index contributed by atoms with van der Waals surface area (Å²) < 4.78 is 4.56. The molecule has 5 heteroatoms. The number of rotatable bonds is 3. The molecule has 0 heterocycles. The summed E-state index contributed by atoms with van der Waals surface area (Å²) >= 11 is 0. The molecular formula is C7H13N2O3+. The van der Waals surface area contributed by atoms with Gasteiger partial charge in [-0.1, -0.05) is 0 Å². The molecule has 0 fully saturated rings. The zero-order chi connectivity index (χ0) is 9.56. The highest BCUT2D eigenvalue weighted by molar-refractivity contribution is 5.85. The van der Waals surface area contributed by atoms with Crippen LogP contribution in [0.2, 0.25) is 0 Å². The van der Waals surface area contributed by atoms with Gasteiger partial charge in [-0.3, -0.25) is 4.79 Å². The van der Waals surface area contributed by atoms with E-state index in [1.54, 1.807) is 14.0 Å². The Hall–Kier alpha value is -1.39. The van der Waals surface area contributed by atoms with Crippen LogP contribution in [-0.4, -0.2) is 31.4 Å². The quantitative estimate of drug-likeness (QED) is 0.289. The number of amides is 1. The van der Waals surface area contributed by atoms with E-state index in [9.17, 15) is 9.59 Å². The number of hydrogen-bond acceptors (Lipinski definition) is 3. The fraction of sp³-hybridized carbons (Fsp3) is 0.571. The predicted octanol–water partition coefficient (Wildman–Crippen LogP) is -2.21. The van der Waals surface area contributed by atoms with E-state index in [0.29, 0.717) is 0 Å². The molecule has 1 unspecified atom stereocenters. The van der Waals surface area contributed by atoms with Gasteiger partial charge in [0.15, 0.2) is 0 Å². The van der Waals surface area contributed by atoms with Crippen LogP contribution in [0.5, 0.6) is 0 Å². The molecule has 0 bridgehead atoms. The van der Waals surface area contributed by atoms with Crippen molar-refractivity contribution in [1.82, 2.24) is 5.32 Å². The van der Waals surface area contributed by atoms with Gasteiger partial charge in [0.05, 0.1) is 0 Å². The zero-order valence-electron chi connectivity index (χ0n) is 7.38. The molecule has 5 nitrogen and oxygen atoms in total. The van der Waals surface area contributed by atoms with Crippen LogP contribution < -0.4 is 10.3 Å². The maximum absolute atomic E-state index is 10.9. The summed E-state index contributed by atoms with van der Waals surface area (Å²) in [6.45, 7) is 2.89. The molecule has 0 saturated carbocycles. The highest BCUT2D eigenvalue weighted by atomic mass is 16.5. The van der Waals surface area contributed by atoms with Crippen molar-refractivity contribution >= 4 is 18.3 Å². The maximum atomic E-state index is 10.9. The Morgan fingerprint density at radius 1 is 1.58 bits per heavy atom. The lowest BCUT2D eigenvalue weighted by atomic mass is 10.3. The normalized spacial score (nSPS) is 12.6. The molecule has 0 radical (unpaired) electrons. The molecule has 0 aromatic rings. The molecule has 0 aromatic carbocycles. The average Bonchev–Trinajstić information content (AvgIpc) is 1.98. The minimum absolute atomic E-state index is 0.260. The van der Waals surface area contributed by atoms with Crippen molar-refractivity contribution in [2.75, 3.05) is 7.05 Å². The SMILES string of the molecule is C[NH+]=COC(=O)C(C)NC(C)=O. The summed E-state index contributed by atoms with van der Waals surface area (Å²) in [5.74, 6) is -0.761. The lowest BCUT2D eigenvalue weighted by molar-refractivity contribution is -0.423. The van der Waals surface area contributed by atoms with Crippen molar-refractivity contribution in [3.63, 3.8) is 0 Å². The fourth-order valence-corrected chi connectivity index (χ4v) is 0.583. The highest BCUT2D eigenvalue weighted by Gasteiger charge is 2.14. The van der Waals surface area contributed by atoms with E-state index >= 15 is 0 Å². The van der Waals surface area contributed by atoms with Crippen molar-refractivity contribution in [3.05, 3.63) is 0 Å². The number of carbonyl (C=O) groups excluding carboxylic acids is 2. The number of hydrogen-bond donors (Lipinski definition) is 2. The molecular weight excluding hydrogens is 160 g/mol. The maximum Gasteiger partial charge on any atom is 0.337 e. The van der Waals surface area contributed by atoms with E-state index in [-0.39, 0.29) is 5.91 Å². The summed E-state index contributed by atoms with van der Waals surface area (Å²) in [5.41, 5.74) is 0. The third kappa shape index (κ3) is 4.43. The molecule has 12 heavy (non-hydrogen) atoms. The Bertz CT molecular complexity index is 201. The second-order valence-corrected chi connectivity index (χ2v) is 2.27. The van der Waals surface area contributed by atoms with Gasteiger partial charge in [-0.15, -0.1) is 0 Å². The average molecular weight is 173 g/mol. The Morgan fingerprint density at radius 3 is 2.58 bits per heavy atom. The first-order chi connectivity index (χ1) is 5.57. The Labute approximate surface area is 70.8 Å². The molecule has 0 aromatic heterocycles. The molecule has 0 aliphatic heterocycles. The molecule has 0 aliphatic rings. The van der Waals surface area contributed by atoms with E-state index in [0.717, 1.165) is 6.40 Å². The van der Waals surface area contributed by atoms with Gasteiger partial charge >= 0.3 is 12.4 Å². The standard InChI is InChI=1S/C7H12N2O3/c1-5(9-6(2)10)7(11)12-4-8-3/h4-5H,1-3H3,(H,9,10)/p+1. The number of nitrogens with one attached hydrogen (secondary N) is 2. The molecule has 0 saturated heterocycles. The number of carbonyl (C=O) groups is 2. The van der Waals surface area contributed by atoms with Gasteiger partial charge in [0.2, 0.25) is 5.91 Å². The van der Waals surface area contributed by atoms with E-state index < -0.39 is 12.0 Å². The molecule has 68 valence electrons. The van der Waals surface area contributed by atoms with Crippen LogP contribution in [0.3, 0.4) is 0 Å². The van der Waals surface area contributed by atoms with Crippen LogP contribution in [0, 0.1) is 0 Å². The predicted molar refractivity (Wildman–Crippen MR) is 42.3 cm³/mol. The van der Waals surface area contributed by atoms with Crippen LogP contribution in [0.4, 0.5) is 0 Å². The van der Waals surface area contributed by atoms with Crippen molar-refractivity contribution in [3.8, 4) is 0 Å². The highest BCUT2D eigenvalue weighted by Crippen LogP contribution is 1.84. The lowest BCUT2D eigenvalue weighted by Crippen LogP contribution is -2.64. The molecule has 1 amide bonds. The van der Waals surface area contributed by atoms with Crippen LogP contribution in [0.1, 0.15) is 13.8 Å². The topological polar surface area (TPSA) is 69.4 Å². The number of esters is 1.